The Morgan fingerprint density at radius 2 is 2.05 bits per heavy atom. The molecule has 0 radical (unpaired) electrons. The predicted octanol–water partition coefficient (Wildman–Crippen LogP) is 4.55. The Kier molecular flexibility index (Phi) is 5.39. The molecule has 0 saturated heterocycles. The molecule has 0 unspecified atom stereocenters. The molecular formula is C13H10ClF2NOS2. The van der Waals surface area contributed by atoms with Gasteiger partial charge < -0.3 is 5.32 Å². The highest BCUT2D eigenvalue weighted by atomic mass is 35.5. The normalized spacial score (nSPS) is 10.6. The number of thiophene rings is 1. The summed E-state index contributed by atoms with van der Waals surface area (Å²) in [6.45, 7) is 0. The van der Waals surface area contributed by atoms with Gasteiger partial charge in [0.25, 0.3) is 0 Å². The summed E-state index contributed by atoms with van der Waals surface area (Å²) in [6.07, 6.45) is 0. The Hall–Kier alpha value is -1.11. The minimum atomic E-state index is -0.983. The third-order valence-electron chi connectivity index (χ3n) is 2.31. The maximum absolute atomic E-state index is 13.0. The zero-order chi connectivity index (χ0) is 14.5. The van der Waals surface area contributed by atoms with Crippen LogP contribution >= 0.6 is 34.7 Å². The Morgan fingerprint density at radius 1 is 1.25 bits per heavy atom. The Bertz CT molecular complexity index is 618. The summed E-state index contributed by atoms with van der Waals surface area (Å²) >= 11 is 8.70. The molecule has 20 heavy (non-hydrogen) atoms. The quantitative estimate of drug-likeness (QED) is 0.869. The summed E-state index contributed by atoms with van der Waals surface area (Å²) in [6, 6.07) is 6.97. The van der Waals surface area contributed by atoms with Crippen molar-refractivity contribution in [2.75, 3.05) is 11.1 Å². The fourth-order valence-electron chi connectivity index (χ4n) is 1.44. The van der Waals surface area contributed by atoms with Crippen LogP contribution in [0.1, 0.15) is 4.88 Å². The molecule has 0 aliphatic carbocycles. The molecule has 2 rings (SSSR count). The van der Waals surface area contributed by atoms with Crippen molar-refractivity contribution in [2.24, 2.45) is 0 Å². The van der Waals surface area contributed by atoms with Gasteiger partial charge >= 0.3 is 0 Å². The zero-order valence-electron chi connectivity index (χ0n) is 10.2. The van der Waals surface area contributed by atoms with Gasteiger partial charge in [-0.2, -0.15) is 0 Å². The Morgan fingerprint density at radius 3 is 2.70 bits per heavy atom. The van der Waals surface area contributed by atoms with Crippen LogP contribution in [0.15, 0.2) is 30.3 Å². The van der Waals surface area contributed by atoms with Gasteiger partial charge in [-0.25, -0.2) is 8.78 Å². The topological polar surface area (TPSA) is 29.1 Å². The molecule has 0 aliphatic heterocycles. The number of anilines is 1. The molecule has 2 nitrogen and oxygen atoms in total. The summed E-state index contributed by atoms with van der Waals surface area (Å²) in [4.78, 5) is 12.7. The van der Waals surface area contributed by atoms with Gasteiger partial charge in [-0.1, -0.05) is 11.6 Å². The van der Waals surface area contributed by atoms with Crippen LogP contribution in [0.4, 0.5) is 14.5 Å². The molecule has 0 bridgehead atoms. The van der Waals surface area contributed by atoms with Gasteiger partial charge in [-0.3, -0.25) is 4.79 Å². The van der Waals surface area contributed by atoms with E-state index in [0.717, 1.165) is 17.0 Å². The minimum Gasteiger partial charge on any atom is -0.325 e. The number of hydrogen-bond donors (Lipinski definition) is 1. The number of benzene rings is 1. The lowest BCUT2D eigenvalue weighted by molar-refractivity contribution is -0.113. The molecule has 1 amide bonds. The second kappa shape index (κ2) is 7.06. The first kappa shape index (κ1) is 15.3. The van der Waals surface area contributed by atoms with Gasteiger partial charge in [0.15, 0.2) is 11.6 Å². The fraction of sp³-hybridized carbons (Fsp3) is 0.154. The van der Waals surface area contributed by atoms with Gasteiger partial charge in [0.1, 0.15) is 0 Å². The van der Waals surface area contributed by atoms with E-state index in [2.05, 4.69) is 5.32 Å². The molecule has 1 aromatic carbocycles. The molecule has 0 saturated carbocycles. The lowest BCUT2D eigenvalue weighted by atomic mass is 10.3. The van der Waals surface area contributed by atoms with Crippen LogP contribution in [0.25, 0.3) is 0 Å². The molecule has 1 heterocycles. The van der Waals surface area contributed by atoms with E-state index in [4.69, 9.17) is 11.6 Å². The van der Waals surface area contributed by atoms with Crippen LogP contribution in [-0.4, -0.2) is 11.7 Å². The summed E-state index contributed by atoms with van der Waals surface area (Å²) in [5.74, 6) is -1.27. The van der Waals surface area contributed by atoms with Crippen molar-refractivity contribution < 1.29 is 13.6 Å². The molecule has 106 valence electrons. The first-order chi connectivity index (χ1) is 9.54. The molecule has 0 aliphatic rings. The van der Waals surface area contributed by atoms with E-state index in [9.17, 15) is 13.6 Å². The SMILES string of the molecule is O=C(CSCc1ccc(Cl)s1)Nc1ccc(F)c(F)c1. The lowest BCUT2D eigenvalue weighted by Gasteiger charge is -2.05. The Balaban J connectivity index is 1.79. The average Bonchev–Trinajstić information content (AvgIpc) is 2.80. The second-order valence-corrected chi connectivity index (χ2v) is 6.66. The average molecular weight is 334 g/mol. The minimum absolute atomic E-state index is 0.231. The maximum atomic E-state index is 13.0. The molecule has 0 atom stereocenters. The van der Waals surface area contributed by atoms with Gasteiger partial charge in [-0.15, -0.1) is 23.1 Å². The van der Waals surface area contributed by atoms with E-state index >= 15 is 0 Å². The van der Waals surface area contributed by atoms with Crippen LogP contribution in [0.2, 0.25) is 4.34 Å². The second-order valence-electron chi connectivity index (χ2n) is 3.88. The lowest BCUT2D eigenvalue weighted by Crippen LogP contribution is -2.14. The standard InChI is InChI=1S/C13H10ClF2NOS2/c14-12-4-2-9(20-12)6-19-7-13(18)17-8-1-3-10(15)11(16)5-8/h1-5H,6-7H2,(H,17,18). The molecule has 2 aromatic rings. The number of halogens is 3. The van der Waals surface area contributed by atoms with Crippen molar-refractivity contribution in [1.82, 2.24) is 0 Å². The van der Waals surface area contributed by atoms with Crippen LogP contribution in [0.3, 0.4) is 0 Å². The zero-order valence-corrected chi connectivity index (χ0v) is 12.5. The monoisotopic (exact) mass is 333 g/mol. The number of carbonyl (C=O) groups is 1. The van der Waals surface area contributed by atoms with Gasteiger partial charge in [0.05, 0.1) is 10.1 Å². The third-order valence-corrected chi connectivity index (χ3v) is 4.71. The van der Waals surface area contributed by atoms with E-state index in [1.807, 2.05) is 12.1 Å². The van der Waals surface area contributed by atoms with Crippen molar-refractivity contribution in [3.05, 3.63) is 51.2 Å². The number of carbonyl (C=O) groups excluding carboxylic acids is 1. The van der Waals surface area contributed by atoms with Crippen molar-refractivity contribution in [3.8, 4) is 0 Å². The number of rotatable bonds is 5. The van der Waals surface area contributed by atoms with E-state index in [0.29, 0.717) is 10.1 Å². The maximum Gasteiger partial charge on any atom is 0.234 e. The molecular weight excluding hydrogens is 324 g/mol. The van der Waals surface area contributed by atoms with Gasteiger partial charge in [0, 0.05) is 22.4 Å². The summed E-state index contributed by atoms with van der Waals surface area (Å²) in [5, 5.41) is 2.51. The van der Waals surface area contributed by atoms with Crippen molar-refractivity contribution in [1.29, 1.82) is 0 Å². The highest BCUT2D eigenvalue weighted by Gasteiger charge is 2.07. The van der Waals surface area contributed by atoms with Crippen molar-refractivity contribution >= 4 is 46.3 Å². The molecule has 7 heteroatoms. The number of hydrogen-bond acceptors (Lipinski definition) is 3. The molecule has 0 spiro atoms. The number of thioether (sulfide) groups is 1. The van der Waals surface area contributed by atoms with Crippen LogP contribution in [-0.2, 0) is 10.5 Å². The first-order valence-electron chi connectivity index (χ1n) is 5.61. The van der Waals surface area contributed by atoms with Gasteiger partial charge in [0.2, 0.25) is 5.91 Å². The van der Waals surface area contributed by atoms with E-state index in [1.165, 1.54) is 29.2 Å². The molecule has 0 fully saturated rings. The van der Waals surface area contributed by atoms with E-state index in [-0.39, 0.29) is 17.3 Å². The van der Waals surface area contributed by atoms with Crippen LogP contribution in [0, 0.1) is 11.6 Å². The summed E-state index contributed by atoms with van der Waals surface area (Å²) < 4.78 is 26.4. The summed E-state index contributed by atoms with van der Waals surface area (Å²) in [7, 11) is 0. The number of amides is 1. The van der Waals surface area contributed by atoms with Crippen LogP contribution < -0.4 is 5.32 Å². The van der Waals surface area contributed by atoms with Crippen LogP contribution in [0.5, 0.6) is 0 Å². The molecule has 1 aromatic heterocycles. The fourth-order valence-corrected chi connectivity index (χ4v) is 3.47. The predicted molar refractivity (Wildman–Crippen MR) is 80.5 cm³/mol. The van der Waals surface area contributed by atoms with Crippen molar-refractivity contribution in [3.63, 3.8) is 0 Å². The Labute approximate surface area is 128 Å². The highest BCUT2D eigenvalue weighted by molar-refractivity contribution is 7.99. The first-order valence-corrected chi connectivity index (χ1v) is 7.96. The largest absolute Gasteiger partial charge is 0.325 e. The summed E-state index contributed by atoms with van der Waals surface area (Å²) in [5.41, 5.74) is 0.244. The molecule has 1 N–H and O–H groups in total. The third kappa shape index (κ3) is 4.47. The van der Waals surface area contributed by atoms with E-state index < -0.39 is 11.6 Å². The van der Waals surface area contributed by atoms with Gasteiger partial charge in [-0.05, 0) is 24.3 Å². The van der Waals surface area contributed by atoms with Crippen molar-refractivity contribution in [2.45, 2.75) is 5.75 Å². The smallest absolute Gasteiger partial charge is 0.234 e. The number of nitrogens with one attached hydrogen (secondary N) is 1. The van der Waals surface area contributed by atoms with E-state index in [1.54, 1.807) is 0 Å². The highest BCUT2D eigenvalue weighted by Crippen LogP contribution is 2.25.